The molecule has 0 atom stereocenters. The topological polar surface area (TPSA) is 66.2 Å². The first-order chi connectivity index (χ1) is 10.1. The third kappa shape index (κ3) is 4.34. The summed E-state index contributed by atoms with van der Waals surface area (Å²) in [6, 6.07) is 5.85. The Balaban J connectivity index is 1.93. The lowest BCUT2D eigenvalue weighted by molar-refractivity contribution is 0.276. The molecular formula is C14H20ClN5O. The first-order valence-electron chi connectivity index (χ1n) is 6.81. The highest BCUT2D eigenvalue weighted by atomic mass is 35.5. The average molecular weight is 310 g/mol. The lowest BCUT2D eigenvalue weighted by Crippen LogP contribution is -2.09. The van der Waals surface area contributed by atoms with Crippen molar-refractivity contribution >= 4 is 23.0 Å². The van der Waals surface area contributed by atoms with Gasteiger partial charge in [0.05, 0.1) is 23.5 Å². The molecule has 1 heterocycles. The van der Waals surface area contributed by atoms with Crippen LogP contribution in [0.15, 0.2) is 24.4 Å². The maximum Gasteiger partial charge on any atom is 0.102 e. The number of nitrogens with zero attached hydrogens (tertiary/aromatic N) is 4. The maximum absolute atomic E-state index is 8.78. The summed E-state index contributed by atoms with van der Waals surface area (Å²) in [5.74, 6) is 0. The van der Waals surface area contributed by atoms with Gasteiger partial charge in [0, 0.05) is 32.9 Å². The van der Waals surface area contributed by atoms with Crippen LogP contribution in [0.2, 0.25) is 5.02 Å². The molecule has 114 valence electrons. The van der Waals surface area contributed by atoms with Crippen LogP contribution < -0.4 is 10.2 Å². The Labute approximate surface area is 129 Å². The number of hydrogen-bond acceptors (Lipinski definition) is 5. The molecule has 7 heteroatoms. The smallest absolute Gasteiger partial charge is 0.102 e. The third-order valence-electron chi connectivity index (χ3n) is 3.03. The molecular weight excluding hydrogens is 290 g/mol. The van der Waals surface area contributed by atoms with Gasteiger partial charge in [0.25, 0.3) is 0 Å². The molecule has 2 rings (SSSR count). The molecule has 0 aliphatic rings. The molecule has 2 N–H and O–H groups in total. The van der Waals surface area contributed by atoms with Crippen molar-refractivity contribution in [2.24, 2.45) is 0 Å². The molecule has 0 aliphatic carbocycles. The van der Waals surface area contributed by atoms with Crippen LogP contribution in [-0.2, 0) is 13.1 Å². The van der Waals surface area contributed by atoms with Gasteiger partial charge in [-0.3, -0.25) is 4.68 Å². The number of aromatic nitrogens is 3. The first-order valence-corrected chi connectivity index (χ1v) is 7.18. The highest BCUT2D eigenvalue weighted by molar-refractivity contribution is 6.33. The quantitative estimate of drug-likeness (QED) is 0.819. The summed E-state index contributed by atoms with van der Waals surface area (Å²) in [4.78, 5) is 1.97. The van der Waals surface area contributed by atoms with Crippen LogP contribution in [0.25, 0.3) is 0 Å². The number of aryl methyl sites for hydroxylation is 1. The van der Waals surface area contributed by atoms with Gasteiger partial charge in [-0.1, -0.05) is 16.8 Å². The molecule has 0 amide bonds. The summed E-state index contributed by atoms with van der Waals surface area (Å²) in [6.45, 7) is 1.41. The Kier molecular flexibility index (Phi) is 5.41. The molecule has 2 aromatic rings. The fourth-order valence-electron chi connectivity index (χ4n) is 1.93. The van der Waals surface area contributed by atoms with Gasteiger partial charge in [0.15, 0.2) is 0 Å². The fraction of sp³-hybridized carbons (Fsp3) is 0.429. The first kappa shape index (κ1) is 15.6. The van der Waals surface area contributed by atoms with Gasteiger partial charge in [-0.2, -0.15) is 0 Å². The van der Waals surface area contributed by atoms with Crippen LogP contribution >= 0.6 is 11.6 Å². The Morgan fingerprint density at radius 2 is 2.19 bits per heavy atom. The molecule has 0 radical (unpaired) electrons. The van der Waals surface area contributed by atoms with E-state index < -0.39 is 0 Å². The molecule has 1 aromatic carbocycles. The summed E-state index contributed by atoms with van der Waals surface area (Å²) in [5, 5.41) is 20.8. The molecule has 0 bridgehead atoms. The summed E-state index contributed by atoms with van der Waals surface area (Å²) < 4.78 is 1.73. The largest absolute Gasteiger partial charge is 0.396 e. The zero-order chi connectivity index (χ0) is 15.2. The van der Waals surface area contributed by atoms with E-state index in [0.29, 0.717) is 24.5 Å². The van der Waals surface area contributed by atoms with E-state index in [0.717, 1.165) is 17.1 Å². The van der Waals surface area contributed by atoms with Crippen LogP contribution in [0.1, 0.15) is 12.1 Å². The lowest BCUT2D eigenvalue weighted by atomic mass is 10.2. The Morgan fingerprint density at radius 1 is 1.38 bits per heavy atom. The van der Waals surface area contributed by atoms with E-state index in [1.54, 1.807) is 4.68 Å². The minimum Gasteiger partial charge on any atom is -0.396 e. The van der Waals surface area contributed by atoms with E-state index in [9.17, 15) is 0 Å². The van der Waals surface area contributed by atoms with Crippen molar-refractivity contribution in [2.75, 3.05) is 30.9 Å². The molecule has 0 saturated carbocycles. The third-order valence-corrected chi connectivity index (χ3v) is 3.34. The predicted octanol–water partition coefficient (Wildman–Crippen LogP) is 1.99. The van der Waals surface area contributed by atoms with Gasteiger partial charge in [-0.15, -0.1) is 5.10 Å². The van der Waals surface area contributed by atoms with Gasteiger partial charge in [-0.25, -0.2) is 0 Å². The van der Waals surface area contributed by atoms with Crippen molar-refractivity contribution in [1.29, 1.82) is 0 Å². The lowest BCUT2D eigenvalue weighted by Gasteiger charge is -2.15. The van der Waals surface area contributed by atoms with Gasteiger partial charge in [0.2, 0.25) is 0 Å². The molecule has 0 aliphatic heterocycles. The molecule has 21 heavy (non-hydrogen) atoms. The summed E-state index contributed by atoms with van der Waals surface area (Å²) in [7, 11) is 3.91. The molecule has 6 nitrogen and oxygen atoms in total. The van der Waals surface area contributed by atoms with Gasteiger partial charge < -0.3 is 15.3 Å². The van der Waals surface area contributed by atoms with Crippen molar-refractivity contribution < 1.29 is 5.11 Å². The highest BCUT2D eigenvalue weighted by Crippen LogP contribution is 2.27. The monoisotopic (exact) mass is 309 g/mol. The van der Waals surface area contributed by atoms with Crippen LogP contribution in [0.5, 0.6) is 0 Å². The Hall–Kier alpha value is -1.79. The number of hydrogen-bond donors (Lipinski definition) is 2. The summed E-state index contributed by atoms with van der Waals surface area (Å²) in [6.07, 6.45) is 2.55. The van der Waals surface area contributed by atoms with Crippen molar-refractivity contribution in [2.45, 2.75) is 19.5 Å². The minimum atomic E-state index is 0.157. The highest BCUT2D eigenvalue weighted by Gasteiger charge is 2.05. The predicted molar refractivity (Wildman–Crippen MR) is 84.8 cm³/mol. The van der Waals surface area contributed by atoms with Crippen molar-refractivity contribution in [3.63, 3.8) is 0 Å². The second kappa shape index (κ2) is 7.28. The zero-order valence-electron chi connectivity index (χ0n) is 12.3. The standard InChI is InChI=1S/C14H20ClN5O/c1-19(2)14-5-4-11(8-13(14)15)16-9-12-10-20(18-17-12)6-3-7-21/h4-5,8,10,16,21H,3,6-7,9H2,1-2H3. The van der Waals surface area contributed by atoms with E-state index >= 15 is 0 Å². The van der Waals surface area contributed by atoms with Crippen molar-refractivity contribution in [1.82, 2.24) is 15.0 Å². The van der Waals surface area contributed by atoms with Crippen molar-refractivity contribution in [3.8, 4) is 0 Å². The number of aliphatic hydroxyl groups is 1. The molecule has 1 aromatic heterocycles. The van der Waals surface area contributed by atoms with Crippen LogP contribution in [-0.4, -0.2) is 40.8 Å². The Bertz CT molecular complexity index is 584. The van der Waals surface area contributed by atoms with Gasteiger partial charge >= 0.3 is 0 Å². The van der Waals surface area contributed by atoms with E-state index in [1.807, 2.05) is 43.4 Å². The van der Waals surface area contributed by atoms with Crippen molar-refractivity contribution in [3.05, 3.63) is 35.1 Å². The fourth-order valence-corrected chi connectivity index (χ4v) is 2.28. The minimum absolute atomic E-state index is 0.157. The number of nitrogens with one attached hydrogen (secondary N) is 1. The maximum atomic E-state index is 8.78. The van der Waals surface area contributed by atoms with Gasteiger partial charge in [0.1, 0.15) is 5.69 Å². The molecule has 0 unspecified atom stereocenters. The summed E-state index contributed by atoms with van der Waals surface area (Å²) in [5.41, 5.74) is 2.77. The van der Waals surface area contributed by atoms with Crippen LogP contribution in [0.4, 0.5) is 11.4 Å². The zero-order valence-corrected chi connectivity index (χ0v) is 13.0. The number of benzene rings is 1. The van der Waals surface area contributed by atoms with E-state index in [4.69, 9.17) is 16.7 Å². The normalized spacial score (nSPS) is 10.7. The van der Waals surface area contributed by atoms with Gasteiger partial charge in [-0.05, 0) is 24.6 Å². The van der Waals surface area contributed by atoms with Crippen LogP contribution in [0.3, 0.4) is 0 Å². The van der Waals surface area contributed by atoms with E-state index in [2.05, 4.69) is 15.6 Å². The second-order valence-electron chi connectivity index (χ2n) is 4.96. The SMILES string of the molecule is CN(C)c1ccc(NCc2cn(CCCO)nn2)cc1Cl. The number of rotatable bonds is 7. The second-order valence-corrected chi connectivity index (χ2v) is 5.37. The summed E-state index contributed by atoms with van der Waals surface area (Å²) >= 11 is 6.23. The number of anilines is 2. The van der Waals surface area contributed by atoms with E-state index in [-0.39, 0.29) is 6.61 Å². The average Bonchev–Trinajstić information content (AvgIpc) is 2.90. The van der Waals surface area contributed by atoms with E-state index in [1.165, 1.54) is 0 Å². The molecule has 0 saturated heterocycles. The number of halogens is 1. The Morgan fingerprint density at radius 3 is 2.86 bits per heavy atom. The number of aliphatic hydroxyl groups excluding tert-OH is 1. The van der Waals surface area contributed by atoms with Crippen LogP contribution in [0, 0.1) is 0 Å². The molecule has 0 fully saturated rings. The molecule has 0 spiro atoms.